The van der Waals surface area contributed by atoms with Crippen LogP contribution in [-0.2, 0) is 6.54 Å². The van der Waals surface area contributed by atoms with Crippen LogP contribution in [0.4, 0.5) is 5.69 Å². The van der Waals surface area contributed by atoms with Crippen LogP contribution in [-0.4, -0.2) is 22.4 Å². The summed E-state index contributed by atoms with van der Waals surface area (Å²) >= 11 is 1.59. The monoisotopic (exact) mass is 290 g/mol. The minimum atomic E-state index is -0.122. The summed E-state index contributed by atoms with van der Waals surface area (Å²) in [6.07, 6.45) is 6.07. The van der Waals surface area contributed by atoms with Crippen molar-refractivity contribution in [3.8, 4) is 0 Å². The molecule has 0 spiro atoms. The molecule has 2 rings (SSSR count). The van der Waals surface area contributed by atoms with E-state index < -0.39 is 0 Å². The number of nitrogens with zero attached hydrogens (tertiary/aromatic N) is 2. The molecule has 106 valence electrons. The van der Waals surface area contributed by atoms with Crippen molar-refractivity contribution < 1.29 is 4.79 Å². The molecule has 2 heterocycles. The second-order valence-electron chi connectivity index (χ2n) is 4.38. The number of aryl methyl sites for hydroxylation is 1. The maximum absolute atomic E-state index is 12.2. The van der Waals surface area contributed by atoms with Gasteiger partial charge in [0.2, 0.25) is 0 Å². The van der Waals surface area contributed by atoms with Crippen LogP contribution in [0.3, 0.4) is 0 Å². The van der Waals surface area contributed by atoms with Crippen LogP contribution in [0.15, 0.2) is 24.7 Å². The van der Waals surface area contributed by atoms with Crippen molar-refractivity contribution >= 4 is 22.9 Å². The van der Waals surface area contributed by atoms with Crippen LogP contribution in [0.1, 0.15) is 33.6 Å². The summed E-state index contributed by atoms with van der Waals surface area (Å²) < 4.78 is 0. The van der Waals surface area contributed by atoms with Gasteiger partial charge in [-0.2, -0.15) is 0 Å². The number of amides is 1. The van der Waals surface area contributed by atoms with Gasteiger partial charge in [-0.1, -0.05) is 6.92 Å². The highest BCUT2D eigenvalue weighted by Gasteiger charge is 2.11. The lowest BCUT2D eigenvalue weighted by atomic mass is 10.2. The Morgan fingerprint density at radius 3 is 2.95 bits per heavy atom. The van der Waals surface area contributed by atoms with E-state index in [1.165, 1.54) is 0 Å². The number of aromatic nitrogens is 2. The Labute approximate surface area is 122 Å². The maximum Gasteiger partial charge on any atom is 0.255 e. The van der Waals surface area contributed by atoms with Crippen molar-refractivity contribution in [3.05, 3.63) is 40.1 Å². The number of thiazole rings is 1. The number of anilines is 1. The maximum atomic E-state index is 12.2. The number of hydrogen-bond acceptors (Lipinski definition) is 5. The van der Waals surface area contributed by atoms with Gasteiger partial charge in [-0.25, -0.2) is 4.98 Å². The number of carbonyl (C=O) groups excluding carboxylic acids is 1. The van der Waals surface area contributed by atoms with Crippen molar-refractivity contribution in [1.82, 2.24) is 15.3 Å². The SMILES string of the molecule is CCCNc1ccncc1C(=O)NCc1cnc(C)s1. The first-order chi connectivity index (χ1) is 9.70. The van der Waals surface area contributed by atoms with Crippen LogP contribution in [0, 0.1) is 6.92 Å². The molecule has 0 aliphatic rings. The predicted molar refractivity (Wildman–Crippen MR) is 81.0 cm³/mol. The van der Waals surface area contributed by atoms with Crippen molar-refractivity contribution in [2.75, 3.05) is 11.9 Å². The number of hydrogen-bond donors (Lipinski definition) is 2. The van der Waals surface area contributed by atoms with Crippen LogP contribution < -0.4 is 10.6 Å². The number of nitrogens with one attached hydrogen (secondary N) is 2. The molecule has 0 aromatic carbocycles. The molecule has 0 saturated carbocycles. The highest BCUT2D eigenvalue weighted by Crippen LogP contribution is 2.15. The molecule has 0 fully saturated rings. The van der Waals surface area contributed by atoms with Crippen molar-refractivity contribution in [1.29, 1.82) is 0 Å². The quantitative estimate of drug-likeness (QED) is 0.858. The molecule has 2 aromatic rings. The highest BCUT2D eigenvalue weighted by atomic mass is 32.1. The molecule has 2 N–H and O–H groups in total. The van der Waals surface area contributed by atoms with E-state index in [9.17, 15) is 4.79 Å². The van der Waals surface area contributed by atoms with Gasteiger partial charge in [0.25, 0.3) is 5.91 Å². The molecule has 0 aliphatic heterocycles. The second kappa shape index (κ2) is 7.00. The molecule has 0 bridgehead atoms. The molecule has 0 atom stereocenters. The van der Waals surface area contributed by atoms with Gasteiger partial charge in [0, 0.05) is 30.0 Å². The second-order valence-corrected chi connectivity index (χ2v) is 5.70. The number of carbonyl (C=O) groups is 1. The van der Waals surface area contributed by atoms with Gasteiger partial charge < -0.3 is 10.6 Å². The summed E-state index contributed by atoms with van der Waals surface area (Å²) in [6, 6.07) is 1.82. The van der Waals surface area contributed by atoms with Gasteiger partial charge in [0.1, 0.15) is 0 Å². The minimum absolute atomic E-state index is 0.122. The van der Waals surface area contributed by atoms with E-state index in [1.54, 1.807) is 29.9 Å². The average molecular weight is 290 g/mol. The largest absolute Gasteiger partial charge is 0.384 e. The summed E-state index contributed by atoms with van der Waals surface area (Å²) in [7, 11) is 0. The smallest absolute Gasteiger partial charge is 0.255 e. The van der Waals surface area contributed by atoms with E-state index in [1.807, 2.05) is 13.0 Å². The third-order valence-electron chi connectivity index (χ3n) is 2.72. The molecule has 6 heteroatoms. The third-order valence-corrected chi connectivity index (χ3v) is 3.64. The minimum Gasteiger partial charge on any atom is -0.384 e. The molecule has 0 aliphatic carbocycles. The van der Waals surface area contributed by atoms with Gasteiger partial charge in [0.05, 0.1) is 22.8 Å². The van der Waals surface area contributed by atoms with E-state index in [-0.39, 0.29) is 5.91 Å². The Kier molecular flexibility index (Phi) is 5.06. The summed E-state index contributed by atoms with van der Waals surface area (Å²) in [4.78, 5) is 21.4. The first-order valence-corrected chi connectivity index (χ1v) is 7.39. The molecule has 0 saturated heterocycles. The fourth-order valence-electron chi connectivity index (χ4n) is 1.74. The fraction of sp³-hybridized carbons (Fsp3) is 0.357. The van der Waals surface area contributed by atoms with E-state index >= 15 is 0 Å². The zero-order valence-corrected chi connectivity index (χ0v) is 12.5. The zero-order chi connectivity index (χ0) is 14.4. The predicted octanol–water partition coefficient (Wildman–Crippen LogP) is 2.60. The van der Waals surface area contributed by atoms with Crippen LogP contribution in [0.5, 0.6) is 0 Å². The highest BCUT2D eigenvalue weighted by molar-refractivity contribution is 7.11. The first kappa shape index (κ1) is 14.5. The van der Waals surface area contributed by atoms with Crippen molar-refractivity contribution in [3.63, 3.8) is 0 Å². The van der Waals surface area contributed by atoms with E-state index in [4.69, 9.17) is 0 Å². The van der Waals surface area contributed by atoms with Crippen LogP contribution in [0.25, 0.3) is 0 Å². The standard InChI is InChI=1S/C14H18N4OS/c1-3-5-16-13-4-6-15-9-12(13)14(19)18-8-11-7-17-10(2)20-11/h4,6-7,9H,3,5,8H2,1-2H3,(H,15,16)(H,18,19). The molecule has 5 nitrogen and oxygen atoms in total. The summed E-state index contributed by atoms with van der Waals surface area (Å²) in [5.41, 5.74) is 1.39. The lowest BCUT2D eigenvalue weighted by molar-refractivity contribution is 0.0951. The lowest BCUT2D eigenvalue weighted by Crippen LogP contribution is -2.23. The Balaban J connectivity index is 2.01. The van der Waals surface area contributed by atoms with E-state index in [0.29, 0.717) is 12.1 Å². The van der Waals surface area contributed by atoms with Gasteiger partial charge >= 0.3 is 0 Å². The third kappa shape index (κ3) is 3.77. The van der Waals surface area contributed by atoms with E-state index in [0.717, 1.165) is 28.5 Å². The molecular weight excluding hydrogens is 272 g/mol. The Bertz CT molecular complexity index is 582. The number of rotatable bonds is 6. The molecule has 1 amide bonds. The van der Waals surface area contributed by atoms with Gasteiger partial charge in [-0.05, 0) is 19.4 Å². The summed E-state index contributed by atoms with van der Waals surface area (Å²) in [6.45, 7) is 5.36. The zero-order valence-electron chi connectivity index (χ0n) is 11.6. The summed E-state index contributed by atoms with van der Waals surface area (Å²) in [5.74, 6) is -0.122. The average Bonchev–Trinajstić information content (AvgIpc) is 2.88. The fourth-order valence-corrected chi connectivity index (χ4v) is 2.47. The van der Waals surface area contributed by atoms with Gasteiger partial charge in [-0.3, -0.25) is 9.78 Å². The lowest BCUT2D eigenvalue weighted by Gasteiger charge is -2.10. The number of pyridine rings is 1. The van der Waals surface area contributed by atoms with E-state index in [2.05, 4.69) is 27.5 Å². The molecule has 2 aromatic heterocycles. The van der Waals surface area contributed by atoms with Crippen molar-refractivity contribution in [2.45, 2.75) is 26.8 Å². The molecule has 0 unspecified atom stereocenters. The molecule has 20 heavy (non-hydrogen) atoms. The Morgan fingerprint density at radius 2 is 2.25 bits per heavy atom. The molecule has 0 radical (unpaired) electrons. The van der Waals surface area contributed by atoms with Gasteiger partial charge in [-0.15, -0.1) is 11.3 Å². The topological polar surface area (TPSA) is 66.9 Å². The molecular formula is C14H18N4OS. The summed E-state index contributed by atoms with van der Waals surface area (Å²) in [5, 5.41) is 7.13. The van der Waals surface area contributed by atoms with Crippen LogP contribution >= 0.6 is 11.3 Å². The van der Waals surface area contributed by atoms with Crippen molar-refractivity contribution in [2.24, 2.45) is 0 Å². The normalized spacial score (nSPS) is 10.3. The van der Waals surface area contributed by atoms with Crippen LogP contribution in [0.2, 0.25) is 0 Å². The first-order valence-electron chi connectivity index (χ1n) is 6.58. The van der Waals surface area contributed by atoms with Gasteiger partial charge in [0.15, 0.2) is 0 Å². The Hall–Kier alpha value is -1.95. The Morgan fingerprint density at radius 1 is 1.40 bits per heavy atom.